The summed E-state index contributed by atoms with van der Waals surface area (Å²) in [5, 5.41) is 8.68. The fourth-order valence-corrected chi connectivity index (χ4v) is 2.05. The molecule has 3 heteroatoms. The van der Waals surface area contributed by atoms with Crippen LogP contribution in [-0.4, -0.2) is 25.9 Å². The Balaban J connectivity index is 2.06. The Morgan fingerprint density at radius 2 is 1.90 bits per heavy atom. The Bertz CT molecular complexity index is 638. The van der Waals surface area contributed by atoms with Gasteiger partial charge in [0.1, 0.15) is 12.4 Å². The molecule has 0 heterocycles. The maximum atomic E-state index is 8.68. The van der Waals surface area contributed by atoms with Crippen LogP contribution in [0.1, 0.15) is 11.1 Å². The average molecular weight is 281 g/mol. The van der Waals surface area contributed by atoms with E-state index >= 15 is 0 Å². The molecule has 0 saturated heterocycles. The molecule has 0 aliphatic rings. The third kappa shape index (κ3) is 4.27. The van der Waals surface area contributed by atoms with Crippen LogP contribution in [0.3, 0.4) is 0 Å². The molecule has 0 unspecified atom stereocenters. The minimum Gasteiger partial charge on any atom is -0.497 e. The van der Waals surface area contributed by atoms with Crippen molar-refractivity contribution in [2.45, 2.75) is 6.54 Å². The first-order chi connectivity index (χ1) is 10.2. The van der Waals surface area contributed by atoms with Gasteiger partial charge in [-0.25, -0.2) is 0 Å². The number of anilines is 1. The van der Waals surface area contributed by atoms with Gasteiger partial charge in [0.25, 0.3) is 0 Å². The summed E-state index contributed by atoms with van der Waals surface area (Å²) in [5.41, 5.74) is 3.23. The molecule has 3 nitrogen and oxygen atoms in total. The van der Waals surface area contributed by atoms with E-state index in [1.54, 1.807) is 7.11 Å². The molecule has 0 radical (unpaired) electrons. The monoisotopic (exact) mass is 281 g/mol. The summed E-state index contributed by atoms with van der Waals surface area (Å²) < 4.78 is 5.25. The van der Waals surface area contributed by atoms with Crippen molar-refractivity contribution in [1.82, 2.24) is 0 Å². The number of aliphatic hydroxyl groups excluding tert-OH is 1. The van der Waals surface area contributed by atoms with Crippen molar-refractivity contribution in [2.24, 2.45) is 0 Å². The van der Waals surface area contributed by atoms with Gasteiger partial charge in [0.05, 0.1) is 7.11 Å². The van der Waals surface area contributed by atoms with E-state index in [2.05, 4.69) is 34.9 Å². The quantitative estimate of drug-likeness (QED) is 0.875. The molecule has 108 valence electrons. The van der Waals surface area contributed by atoms with Crippen LogP contribution >= 0.6 is 0 Å². The van der Waals surface area contributed by atoms with Gasteiger partial charge in [-0.15, -0.1) is 0 Å². The van der Waals surface area contributed by atoms with Gasteiger partial charge in [-0.3, -0.25) is 0 Å². The summed E-state index contributed by atoms with van der Waals surface area (Å²) in [6, 6.07) is 16.0. The fourth-order valence-electron chi connectivity index (χ4n) is 2.05. The van der Waals surface area contributed by atoms with Gasteiger partial charge in [-0.1, -0.05) is 30.0 Å². The van der Waals surface area contributed by atoms with E-state index in [-0.39, 0.29) is 6.61 Å². The average Bonchev–Trinajstić information content (AvgIpc) is 2.54. The zero-order chi connectivity index (χ0) is 15.1. The number of hydrogen-bond donors (Lipinski definition) is 1. The topological polar surface area (TPSA) is 32.7 Å². The van der Waals surface area contributed by atoms with E-state index < -0.39 is 0 Å². The Kier molecular flexibility index (Phi) is 5.25. The number of aliphatic hydroxyl groups is 1. The summed E-state index contributed by atoms with van der Waals surface area (Å²) in [4.78, 5) is 2.16. The molecule has 0 saturated carbocycles. The zero-order valence-corrected chi connectivity index (χ0v) is 12.3. The lowest BCUT2D eigenvalue weighted by Crippen LogP contribution is -2.16. The largest absolute Gasteiger partial charge is 0.497 e. The van der Waals surface area contributed by atoms with Crippen LogP contribution in [0.15, 0.2) is 48.5 Å². The van der Waals surface area contributed by atoms with Crippen molar-refractivity contribution in [3.05, 3.63) is 59.7 Å². The number of ether oxygens (including phenoxy) is 1. The van der Waals surface area contributed by atoms with Gasteiger partial charge in [-0.2, -0.15) is 0 Å². The lowest BCUT2D eigenvalue weighted by molar-refractivity contribution is 0.350. The van der Waals surface area contributed by atoms with Gasteiger partial charge < -0.3 is 14.7 Å². The molecule has 0 fully saturated rings. The molecule has 0 aliphatic heterocycles. The second kappa shape index (κ2) is 7.37. The van der Waals surface area contributed by atoms with Crippen LogP contribution < -0.4 is 9.64 Å². The summed E-state index contributed by atoms with van der Waals surface area (Å²) >= 11 is 0. The van der Waals surface area contributed by atoms with Crippen LogP contribution in [0.4, 0.5) is 5.69 Å². The molecule has 0 spiro atoms. The lowest BCUT2D eigenvalue weighted by atomic mass is 10.1. The molecule has 21 heavy (non-hydrogen) atoms. The summed E-state index contributed by atoms with van der Waals surface area (Å²) in [6.45, 7) is 0.696. The number of benzene rings is 2. The second-order valence-corrected chi connectivity index (χ2v) is 4.71. The van der Waals surface area contributed by atoms with Crippen molar-refractivity contribution in [2.75, 3.05) is 25.7 Å². The minimum atomic E-state index is -0.111. The number of rotatable bonds is 4. The molecule has 0 amide bonds. The minimum absolute atomic E-state index is 0.111. The van der Waals surface area contributed by atoms with E-state index in [0.717, 1.165) is 23.5 Å². The lowest BCUT2D eigenvalue weighted by Gasteiger charge is -2.20. The van der Waals surface area contributed by atoms with Crippen LogP contribution in [-0.2, 0) is 6.54 Å². The fraction of sp³-hybridized carbons (Fsp3) is 0.222. The molecule has 0 bridgehead atoms. The summed E-state index contributed by atoms with van der Waals surface area (Å²) in [6.07, 6.45) is 0. The number of nitrogens with zero attached hydrogens (tertiary/aromatic N) is 1. The molecule has 2 aromatic carbocycles. The highest BCUT2D eigenvalue weighted by Crippen LogP contribution is 2.21. The van der Waals surface area contributed by atoms with Crippen molar-refractivity contribution in [3.8, 4) is 17.6 Å². The van der Waals surface area contributed by atoms with Gasteiger partial charge in [0.2, 0.25) is 0 Å². The first-order valence-corrected chi connectivity index (χ1v) is 6.77. The third-order valence-electron chi connectivity index (χ3n) is 3.18. The van der Waals surface area contributed by atoms with Gasteiger partial charge in [0.15, 0.2) is 0 Å². The molecule has 2 aromatic rings. The Morgan fingerprint density at radius 1 is 1.14 bits per heavy atom. The molecule has 2 rings (SSSR count). The predicted octanol–water partition coefficient (Wildman–Crippen LogP) is 2.68. The van der Waals surface area contributed by atoms with E-state index in [1.165, 1.54) is 5.56 Å². The molecule has 0 aliphatic carbocycles. The summed E-state index contributed by atoms with van der Waals surface area (Å²) in [5.74, 6) is 6.39. The Labute approximate surface area is 125 Å². The maximum Gasteiger partial charge on any atom is 0.120 e. The molecule has 0 aromatic heterocycles. The SMILES string of the molecule is COc1cccc(N(C)Cc2ccc(C#CCO)cc2)c1. The van der Waals surface area contributed by atoms with E-state index in [9.17, 15) is 0 Å². The third-order valence-corrected chi connectivity index (χ3v) is 3.18. The highest BCUT2D eigenvalue weighted by Gasteiger charge is 2.03. The smallest absolute Gasteiger partial charge is 0.120 e. The highest BCUT2D eigenvalue weighted by molar-refractivity contribution is 5.50. The van der Waals surface area contributed by atoms with E-state index in [4.69, 9.17) is 9.84 Å². The Morgan fingerprint density at radius 3 is 2.57 bits per heavy atom. The first-order valence-electron chi connectivity index (χ1n) is 6.77. The van der Waals surface area contributed by atoms with Crippen molar-refractivity contribution in [1.29, 1.82) is 0 Å². The highest BCUT2D eigenvalue weighted by atomic mass is 16.5. The van der Waals surface area contributed by atoms with Crippen LogP contribution in [0.2, 0.25) is 0 Å². The molecule has 0 atom stereocenters. The van der Waals surface area contributed by atoms with Crippen LogP contribution in [0.25, 0.3) is 0 Å². The van der Waals surface area contributed by atoms with Crippen molar-refractivity contribution in [3.63, 3.8) is 0 Å². The van der Waals surface area contributed by atoms with Crippen LogP contribution in [0.5, 0.6) is 5.75 Å². The molecular weight excluding hydrogens is 262 g/mol. The van der Waals surface area contributed by atoms with Crippen molar-refractivity contribution < 1.29 is 9.84 Å². The zero-order valence-electron chi connectivity index (χ0n) is 12.3. The molecule has 1 N–H and O–H groups in total. The predicted molar refractivity (Wildman–Crippen MR) is 85.5 cm³/mol. The summed E-state index contributed by atoms with van der Waals surface area (Å²) in [7, 11) is 3.72. The maximum absolute atomic E-state index is 8.68. The Hall–Kier alpha value is -2.44. The normalized spacial score (nSPS) is 9.67. The van der Waals surface area contributed by atoms with Gasteiger partial charge >= 0.3 is 0 Å². The number of hydrogen-bond acceptors (Lipinski definition) is 3. The number of methoxy groups -OCH3 is 1. The van der Waals surface area contributed by atoms with E-state index in [1.807, 2.05) is 37.4 Å². The van der Waals surface area contributed by atoms with Crippen molar-refractivity contribution >= 4 is 5.69 Å². The van der Waals surface area contributed by atoms with Gasteiger partial charge in [0, 0.05) is 30.9 Å². The van der Waals surface area contributed by atoms with E-state index in [0.29, 0.717) is 0 Å². The van der Waals surface area contributed by atoms with Crippen LogP contribution in [0, 0.1) is 11.8 Å². The second-order valence-electron chi connectivity index (χ2n) is 4.71. The molecular formula is C18H19NO2. The van der Waals surface area contributed by atoms with Gasteiger partial charge in [-0.05, 0) is 29.8 Å². The first kappa shape index (κ1) is 15.0. The standard InChI is InChI=1S/C18H19NO2/c1-19(17-6-3-7-18(13-17)21-2)14-16-10-8-15(9-11-16)5-4-12-20/h3,6-11,13,20H,12,14H2,1-2H3.